The zero-order chi connectivity index (χ0) is 41.0. The van der Waals surface area contributed by atoms with E-state index in [0.29, 0.717) is 159 Å². The smallest absolute Gasteiger partial charge is 0.407 e. The molecule has 16 heteroatoms. The lowest BCUT2D eigenvalue weighted by Crippen LogP contribution is -2.29. The molecule has 1 N–H and O–H groups in total. The first-order valence-corrected chi connectivity index (χ1v) is 20.3. The van der Waals surface area contributed by atoms with Crippen LogP contribution in [0.4, 0.5) is 4.79 Å². The highest BCUT2D eigenvalue weighted by Crippen LogP contribution is 2.44. The minimum absolute atomic E-state index is 0.0327. The Bertz CT molecular complexity index is 1270. The molecule has 0 saturated carbocycles. The molecular weight excluding hydrogens is 758 g/mol. The van der Waals surface area contributed by atoms with Gasteiger partial charge in [-0.05, 0) is 29.2 Å². The van der Waals surface area contributed by atoms with Gasteiger partial charge in [-0.25, -0.2) is 4.79 Å². The van der Waals surface area contributed by atoms with Crippen molar-refractivity contribution in [1.29, 1.82) is 0 Å². The van der Waals surface area contributed by atoms with Gasteiger partial charge in [0.15, 0.2) is 0 Å². The molecule has 0 atom stereocenters. The maximum atomic E-state index is 12.3. The minimum atomic E-state index is -0.456. The van der Waals surface area contributed by atoms with Crippen LogP contribution in [0.2, 0.25) is 0 Å². The summed E-state index contributed by atoms with van der Waals surface area (Å²) in [5.74, 6) is -0.223. The molecule has 0 saturated heterocycles. The van der Waals surface area contributed by atoms with Crippen molar-refractivity contribution in [3.63, 3.8) is 0 Å². The van der Waals surface area contributed by atoms with Crippen LogP contribution in [0.15, 0.2) is 48.5 Å². The fraction of sp³-hybridized carbons (Fsp3) is 0.667. The Morgan fingerprint density at radius 3 is 1.14 bits per heavy atom. The summed E-state index contributed by atoms with van der Waals surface area (Å²) >= 11 is 0. The normalized spacial score (nSPS) is 12.1. The minimum Gasteiger partial charge on any atom is -0.466 e. The number of carbonyl (C=O) groups is 2. The topological polar surface area (TPSA) is 166 Å². The Labute approximate surface area is 343 Å². The Hall–Kier alpha value is -3.26. The lowest BCUT2D eigenvalue weighted by atomic mass is 9.98. The third-order valence-electron chi connectivity index (χ3n) is 8.34. The zero-order valence-electron chi connectivity index (χ0n) is 34.2. The van der Waals surface area contributed by atoms with Crippen molar-refractivity contribution in [2.45, 2.75) is 19.3 Å². The number of ether oxygens (including phenoxy) is 13. The fourth-order valence-corrected chi connectivity index (χ4v) is 5.56. The standard InChI is InChI=1S/C42H65NO15/c1-2-57-41(44)11-13-46-15-17-48-19-21-50-23-25-52-27-29-54-31-33-56-34-32-55-30-28-53-26-24-51-22-20-49-18-16-47-14-12-43-42(45)58-35-40-38-9-5-3-7-36(38)37-8-4-6-10-39(37)40/h3-10,40H,2,11-35H2,1H3,(H,43,45). The Balaban J connectivity index is 0.932. The summed E-state index contributed by atoms with van der Waals surface area (Å²) in [6, 6.07) is 16.5. The van der Waals surface area contributed by atoms with E-state index in [2.05, 4.69) is 29.6 Å². The van der Waals surface area contributed by atoms with E-state index in [-0.39, 0.29) is 24.9 Å². The van der Waals surface area contributed by atoms with Crippen molar-refractivity contribution in [2.75, 3.05) is 165 Å². The Morgan fingerprint density at radius 1 is 0.448 bits per heavy atom. The molecule has 1 aliphatic carbocycles. The maximum Gasteiger partial charge on any atom is 0.407 e. The molecule has 0 aromatic heterocycles. The number of nitrogens with one attached hydrogen (secondary N) is 1. The van der Waals surface area contributed by atoms with Gasteiger partial charge in [0.05, 0.1) is 158 Å². The Kier molecular flexibility index (Phi) is 29.3. The van der Waals surface area contributed by atoms with Crippen LogP contribution >= 0.6 is 0 Å². The van der Waals surface area contributed by atoms with Gasteiger partial charge in [-0.15, -0.1) is 0 Å². The molecule has 328 valence electrons. The summed E-state index contributed by atoms with van der Waals surface area (Å²) in [5, 5.41) is 2.74. The molecule has 58 heavy (non-hydrogen) atoms. The number of amides is 1. The van der Waals surface area contributed by atoms with Crippen LogP contribution in [0.5, 0.6) is 0 Å². The van der Waals surface area contributed by atoms with Crippen LogP contribution in [0.25, 0.3) is 11.1 Å². The summed E-state index contributed by atoms with van der Waals surface area (Å²) < 4.78 is 70.5. The highest BCUT2D eigenvalue weighted by molar-refractivity contribution is 5.79. The summed E-state index contributed by atoms with van der Waals surface area (Å²) in [4.78, 5) is 23.4. The van der Waals surface area contributed by atoms with Crippen LogP contribution in [0, 0.1) is 0 Å². The largest absolute Gasteiger partial charge is 0.466 e. The number of esters is 1. The third-order valence-corrected chi connectivity index (χ3v) is 8.34. The van der Waals surface area contributed by atoms with Crippen LogP contribution in [0.1, 0.15) is 30.4 Å². The second-order valence-electron chi connectivity index (χ2n) is 12.5. The van der Waals surface area contributed by atoms with E-state index in [1.807, 2.05) is 24.3 Å². The molecule has 0 fully saturated rings. The number of benzene rings is 2. The van der Waals surface area contributed by atoms with Crippen LogP contribution in [-0.2, 0) is 66.4 Å². The van der Waals surface area contributed by atoms with Crippen molar-refractivity contribution < 1.29 is 71.2 Å². The molecule has 0 heterocycles. The zero-order valence-corrected chi connectivity index (χ0v) is 34.2. The average Bonchev–Trinajstić information content (AvgIpc) is 3.56. The number of rotatable bonds is 39. The second-order valence-corrected chi connectivity index (χ2v) is 12.5. The Morgan fingerprint density at radius 2 is 0.776 bits per heavy atom. The lowest BCUT2D eigenvalue weighted by molar-refractivity contribution is -0.144. The molecular formula is C42H65NO15. The molecule has 2 aromatic carbocycles. The number of hydrogen-bond acceptors (Lipinski definition) is 15. The van der Waals surface area contributed by atoms with E-state index in [4.69, 9.17) is 61.6 Å². The van der Waals surface area contributed by atoms with Gasteiger partial charge in [-0.1, -0.05) is 48.5 Å². The molecule has 0 radical (unpaired) electrons. The van der Waals surface area contributed by atoms with Crippen LogP contribution < -0.4 is 5.32 Å². The SMILES string of the molecule is CCOC(=O)CCOCCOCCOCCOCCOCCOCCOCCOCCOCCOCCOCCNC(=O)OCC1c2ccccc2-c2ccccc21. The van der Waals surface area contributed by atoms with Gasteiger partial charge in [0.25, 0.3) is 0 Å². The predicted octanol–water partition coefficient (Wildman–Crippen LogP) is 3.66. The molecule has 0 aliphatic heterocycles. The van der Waals surface area contributed by atoms with Crippen LogP contribution in [-0.4, -0.2) is 177 Å². The van der Waals surface area contributed by atoms with E-state index >= 15 is 0 Å². The van der Waals surface area contributed by atoms with Crippen molar-refractivity contribution >= 4 is 12.1 Å². The number of carbonyl (C=O) groups excluding carboxylic acids is 2. The summed E-state index contributed by atoms with van der Waals surface area (Å²) in [6.45, 7) is 12.8. The highest BCUT2D eigenvalue weighted by atomic mass is 16.6. The van der Waals surface area contributed by atoms with Gasteiger partial charge in [-0.2, -0.15) is 0 Å². The molecule has 0 unspecified atom stereocenters. The first-order valence-electron chi connectivity index (χ1n) is 20.3. The summed E-state index contributed by atoms with van der Waals surface area (Å²) in [6.07, 6.45) is -0.206. The summed E-state index contributed by atoms with van der Waals surface area (Å²) in [7, 11) is 0. The van der Waals surface area contributed by atoms with E-state index in [1.165, 1.54) is 22.3 Å². The van der Waals surface area contributed by atoms with Gasteiger partial charge >= 0.3 is 12.1 Å². The quantitative estimate of drug-likeness (QED) is 0.0767. The molecule has 2 aromatic rings. The first kappa shape index (κ1) is 49.1. The van der Waals surface area contributed by atoms with Gasteiger partial charge in [0.2, 0.25) is 0 Å². The molecule has 3 rings (SSSR count). The average molecular weight is 824 g/mol. The molecule has 16 nitrogen and oxygen atoms in total. The van der Waals surface area contributed by atoms with Gasteiger partial charge in [0, 0.05) is 12.5 Å². The lowest BCUT2D eigenvalue weighted by Gasteiger charge is -2.14. The predicted molar refractivity (Wildman–Crippen MR) is 213 cm³/mol. The van der Waals surface area contributed by atoms with Crippen molar-refractivity contribution in [3.8, 4) is 11.1 Å². The first-order chi connectivity index (χ1) is 28.7. The van der Waals surface area contributed by atoms with E-state index in [9.17, 15) is 9.59 Å². The highest BCUT2D eigenvalue weighted by Gasteiger charge is 2.29. The van der Waals surface area contributed by atoms with E-state index in [1.54, 1.807) is 6.92 Å². The number of hydrogen-bond donors (Lipinski definition) is 1. The van der Waals surface area contributed by atoms with E-state index < -0.39 is 6.09 Å². The van der Waals surface area contributed by atoms with Gasteiger partial charge in [0.1, 0.15) is 6.61 Å². The molecule has 0 spiro atoms. The summed E-state index contributed by atoms with van der Waals surface area (Å²) in [5.41, 5.74) is 4.76. The van der Waals surface area contributed by atoms with Gasteiger partial charge < -0.3 is 66.9 Å². The van der Waals surface area contributed by atoms with Gasteiger partial charge in [-0.3, -0.25) is 4.79 Å². The number of fused-ring (bicyclic) bond motifs is 3. The molecule has 0 bridgehead atoms. The monoisotopic (exact) mass is 823 g/mol. The van der Waals surface area contributed by atoms with Crippen molar-refractivity contribution in [1.82, 2.24) is 5.32 Å². The second kappa shape index (κ2) is 34.6. The van der Waals surface area contributed by atoms with Crippen molar-refractivity contribution in [2.24, 2.45) is 0 Å². The van der Waals surface area contributed by atoms with Crippen molar-refractivity contribution in [3.05, 3.63) is 59.7 Å². The third kappa shape index (κ3) is 23.4. The molecule has 1 aliphatic rings. The van der Waals surface area contributed by atoms with Crippen LogP contribution in [0.3, 0.4) is 0 Å². The number of alkyl carbamates (subject to hydrolysis) is 1. The molecule has 1 amide bonds. The fourth-order valence-electron chi connectivity index (χ4n) is 5.56. The maximum absolute atomic E-state index is 12.3. The van der Waals surface area contributed by atoms with E-state index in [0.717, 1.165) is 0 Å².